The summed E-state index contributed by atoms with van der Waals surface area (Å²) in [7, 11) is 0. The topological polar surface area (TPSA) is 64.7 Å². The lowest BCUT2D eigenvalue weighted by Crippen LogP contribution is -2.51. The molecule has 0 spiro atoms. The molecule has 1 saturated heterocycles. The molecule has 2 N–H and O–H groups in total. The van der Waals surface area contributed by atoms with Gasteiger partial charge in [0, 0.05) is 26.2 Å². The summed E-state index contributed by atoms with van der Waals surface area (Å²) in [5.41, 5.74) is -0.0806. The van der Waals surface area contributed by atoms with Crippen molar-refractivity contribution in [3.63, 3.8) is 0 Å². The number of para-hydroxylation sites is 1. The van der Waals surface area contributed by atoms with Crippen LogP contribution in [0.5, 0.6) is 0 Å². The minimum atomic E-state index is -4.54. The number of amides is 2. The minimum Gasteiger partial charge on any atom is -0.348 e. The summed E-state index contributed by atoms with van der Waals surface area (Å²) >= 11 is 0. The maximum Gasteiger partial charge on any atom is 0.418 e. The van der Waals surface area contributed by atoms with E-state index in [1.165, 1.54) is 18.2 Å². The number of benzene rings is 3. The highest BCUT2D eigenvalue weighted by molar-refractivity contribution is 5.93. The first-order chi connectivity index (χ1) is 17.2. The molecule has 1 atom stereocenters. The third-order valence-corrected chi connectivity index (χ3v) is 6.36. The minimum absolute atomic E-state index is 0.00870. The Morgan fingerprint density at radius 1 is 0.833 bits per heavy atom. The van der Waals surface area contributed by atoms with Crippen LogP contribution in [0.3, 0.4) is 0 Å². The van der Waals surface area contributed by atoms with Gasteiger partial charge in [0.2, 0.25) is 11.8 Å². The van der Waals surface area contributed by atoms with Crippen molar-refractivity contribution in [2.45, 2.75) is 19.1 Å². The molecule has 1 aliphatic heterocycles. The molecule has 0 aliphatic carbocycles. The quantitative estimate of drug-likeness (QED) is 0.510. The first kappa shape index (κ1) is 25.7. The van der Waals surface area contributed by atoms with E-state index in [9.17, 15) is 22.8 Å². The van der Waals surface area contributed by atoms with Gasteiger partial charge in [-0.05, 0) is 41.5 Å². The van der Waals surface area contributed by atoms with Gasteiger partial charge in [0.25, 0.3) is 0 Å². The number of alkyl halides is 3. The van der Waals surface area contributed by atoms with Gasteiger partial charge in [0.15, 0.2) is 0 Å². The second kappa shape index (κ2) is 11.1. The number of hydrogen-bond acceptors (Lipinski definition) is 4. The molecule has 0 radical (unpaired) electrons. The number of anilines is 1. The maximum absolute atomic E-state index is 13.1. The Kier molecular flexibility index (Phi) is 7.91. The van der Waals surface area contributed by atoms with Gasteiger partial charge in [-0.15, -0.1) is 0 Å². The van der Waals surface area contributed by atoms with E-state index >= 15 is 0 Å². The first-order valence-electron chi connectivity index (χ1n) is 11.9. The van der Waals surface area contributed by atoms with Crippen LogP contribution in [-0.4, -0.2) is 60.9 Å². The Hall–Kier alpha value is -3.43. The second-order valence-electron chi connectivity index (χ2n) is 9.04. The number of halogens is 3. The van der Waals surface area contributed by atoms with Crippen LogP contribution < -0.4 is 10.6 Å². The van der Waals surface area contributed by atoms with Crippen LogP contribution in [-0.2, 0) is 15.8 Å². The average molecular weight is 499 g/mol. The van der Waals surface area contributed by atoms with E-state index in [2.05, 4.69) is 16.7 Å². The van der Waals surface area contributed by atoms with Crippen molar-refractivity contribution in [1.29, 1.82) is 0 Å². The lowest BCUT2D eigenvalue weighted by Gasteiger charge is -2.34. The van der Waals surface area contributed by atoms with Crippen molar-refractivity contribution in [3.8, 4) is 0 Å². The van der Waals surface area contributed by atoms with Crippen LogP contribution in [0.2, 0.25) is 0 Å². The molecule has 4 rings (SSSR count). The summed E-state index contributed by atoms with van der Waals surface area (Å²) in [5, 5.41) is 7.70. The molecule has 0 aromatic heterocycles. The Bertz CT molecular complexity index is 1220. The Balaban J connectivity index is 1.22. The van der Waals surface area contributed by atoms with Crippen molar-refractivity contribution in [2.75, 3.05) is 44.6 Å². The summed E-state index contributed by atoms with van der Waals surface area (Å²) < 4.78 is 39.4. The predicted molar refractivity (Wildman–Crippen MR) is 133 cm³/mol. The zero-order valence-electron chi connectivity index (χ0n) is 20.0. The van der Waals surface area contributed by atoms with Crippen molar-refractivity contribution in [3.05, 3.63) is 77.9 Å². The van der Waals surface area contributed by atoms with E-state index in [1.54, 1.807) is 0 Å². The number of rotatable bonds is 7. The monoisotopic (exact) mass is 498 g/mol. The second-order valence-corrected chi connectivity index (χ2v) is 9.04. The van der Waals surface area contributed by atoms with Crippen molar-refractivity contribution in [2.24, 2.45) is 0 Å². The highest BCUT2D eigenvalue weighted by atomic mass is 19.4. The van der Waals surface area contributed by atoms with E-state index in [0.29, 0.717) is 26.2 Å². The smallest absolute Gasteiger partial charge is 0.348 e. The van der Waals surface area contributed by atoms with Crippen LogP contribution >= 0.6 is 0 Å². The maximum atomic E-state index is 13.1. The third kappa shape index (κ3) is 6.61. The van der Waals surface area contributed by atoms with Crippen LogP contribution in [0.25, 0.3) is 10.8 Å². The number of carbonyl (C=O) groups is 2. The fourth-order valence-electron chi connectivity index (χ4n) is 4.39. The van der Waals surface area contributed by atoms with Crippen LogP contribution in [0.4, 0.5) is 18.9 Å². The zero-order valence-corrected chi connectivity index (χ0v) is 20.0. The summed E-state index contributed by atoms with van der Waals surface area (Å²) in [6, 6.07) is 19.0. The fourth-order valence-corrected chi connectivity index (χ4v) is 4.39. The van der Waals surface area contributed by atoms with E-state index in [-0.39, 0.29) is 30.7 Å². The van der Waals surface area contributed by atoms with E-state index in [4.69, 9.17) is 0 Å². The molecular weight excluding hydrogens is 469 g/mol. The van der Waals surface area contributed by atoms with Crippen LogP contribution in [0, 0.1) is 0 Å². The summed E-state index contributed by atoms with van der Waals surface area (Å²) in [4.78, 5) is 28.9. The first-order valence-corrected chi connectivity index (χ1v) is 11.9. The Morgan fingerprint density at radius 2 is 1.42 bits per heavy atom. The molecule has 3 aromatic carbocycles. The molecule has 9 heteroatoms. The molecule has 36 heavy (non-hydrogen) atoms. The molecule has 1 aliphatic rings. The summed E-state index contributed by atoms with van der Waals surface area (Å²) in [5.74, 6) is -0.576. The molecule has 3 aromatic rings. The number of piperazine rings is 1. The van der Waals surface area contributed by atoms with Crippen LogP contribution in [0.15, 0.2) is 66.7 Å². The molecule has 2 amide bonds. The van der Waals surface area contributed by atoms with E-state index < -0.39 is 17.6 Å². The van der Waals surface area contributed by atoms with Gasteiger partial charge >= 0.3 is 6.18 Å². The van der Waals surface area contributed by atoms with E-state index in [1.807, 2.05) is 53.1 Å². The van der Waals surface area contributed by atoms with Crippen LogP contribution in [0.1, 0.15) is 24.1 Å². The number of nitrogens with one attached hydrogen (secondary N) is 2. The molecule has 0 bridgehead atoms. The lowest BCUT2D eigenvalue weighted by atomic mass is 10.0. The molecule has 6 nitrogen and oxygen atoms in total. The predicted octanol–water partition coefficient (Wildman–Crippen LogP) is 4.29. The molecule has 0 saturated carbocycles. The third-order valence-electron chi connectivity index (χ3n) is 6.36. The van der Waals surface area contributed by atoms with Crippen molar-refractivity contribution < 1.29 is 22.8 Å². The normalized spacial score (nSPS) is 16.0. The van der Waals surface area contributed by atoms with Crippen molar-refractivity contribution in [1.82, 2.24) is 15.1 Å². The van der Waals surface area contributed by atoms with Gasteiger partial charge in [-0.1, -0.05) is 48.5 Å². The van der Waals surface area contributed by atoms with Gasteiger partial charge in [-0.3, -0.25) is 19.4 Å². The molecule has 1 heterocycles. The largest absolute Gasteiger partial charge is 0.418 e. The fraction of sp³-hybridized carbons (Fsp3) is 0.333. The standard InChI is InChI=1S/C27H29F3N4O2/c1-19(21-11-10-20-6-2-3-7-22(20)16-21)31-25(35)17-33-12-14-34(15-13-33)18-26(36)32-24-9-5-4-8-23(24)27(28,29)30/h2-11,16,19H,12-15,17-18H2,1H3,(H,31,35)(H,32,36). The van der Waals surface area contributed by atoms with Crippen molar-refractivity contribution >= 4 is 28.3 Å². The van der Waals surface area contributed by atoms with Gasteiger partial charge in [-0.2, -0.15) is 13.2 Å². The van der Waals surface area contributed by atoms with Gasteiger partial charge in [0.05, 0.1) is 30.4 Å². The number of hydrogen-bond donors (Lipinski definition) is 2. The molecule has 1 fully saturated rings. The van der Waals surface area contributed by atoms with E-state index in [0.717, 1.165) is 22.4 Å². The summed E-state index contributed by atoms with van der Waals surface area (Å²) in [6.45, 7) is 4.45. The zero-order chi connectivity index (χ0) is 25.7. The molecule has 190 valence electrons. The number of fused-ring (bicyclic) bond motifs is 1. The number of nitrogens with zero attached hydrogens (tertiary/aromatic N) is 2. The highest BCUT2D eigenvalue weighted by Crippen LogP contribution is 2.34. The SMILES string of the molecule is CC(NC(=O)CN1CCN(CC(=O)Nc2ccccc2C(F)(F)F)CC1)c1ccc2ccccc2c1. The van der Waals surface area contributed by atoms with Gasteiger partial charge in [0.1, 0.15) is 0 Å². The van der Waals surface area contributed by atoms with Gasteiger partial charge < -0.3 is 10.6 Å². The molecular formula is C27H29F3N4O2. The summed E-state index contributed by atoms with van der Waals surface area (Å²) in [6.07, 6.45) is -4.54. The lowest BCUT2D eigenvalue weighted by molar-refractivity contribution is -0.137. The average Bonchev–Trinajstić information content (AvgIpc) is 2.84. The van der Waals surface area contributed by atoms with Gasteiger partial charge in [-0.25, -0.2) is 0 Å². The number of carbonyl (C=O) groups excluding carboxylic acids is 2. The highest BCUT2D eigenvalue weighted by Gasteiger charge is 2.33. The molecule has 1 unspecified atom stereocenters. The Labute approximate surface area is 208 Å². The Morgan fingerprint density at radius 3 is 2.08 bits per heavy atom.